The van der Waals surface area contributed by atoms with Crippen LogP contribution in [-0.2, 0) is 6.42 Å². The van der Waals surface area contributed by atoms with E-state index in [-0.39, 0.29) is 5.69 Å². The Bertz CT molecular complexity index is 381. The van der Waals surface area contributed by atoms with Crippen molar-refractivity contribution >= 4 is 5.69 Å². The van der Waals surface area contributed by atoms with Gasteiger partial charge in [-0.3, -0.25) is 0 Å². The van der Waals surface area contributed by atoms with Crippen molar-refractivity contribution < 1.29 is 8.78 Å². The molecule has 1 aromatic carbocycles. The second-order valence-corrected chi connectivity index (χ2v) is 4.93. The minimum atomic E-state index is -0.831. The molecular weight excluding hydrogens is 210 g/mol. The van der Waals surface area contributed by atoms with Crippen LogP contribution in [-0.4, -0.2) is 19.6 Å². The molecule has 16 heavy (non-hydrogen) atoms. The van der Waals surface area contributed by atoms with Crippen molar-refractivity contribution in [1.29, 1.82) is 0 Å². The first-order valence-corrected chi connectivity index (χ1v) is 5.15. The minimum absolute atomic E-state index is 0.276. The van der Waals surface area contributed by atoms with Gasteiger partial charge in [-0.2, -0.15) is 0 Å². The predicted octanol–water partition coefficient (Wildman–Crippen LogP) is 2.31. The van der Waals surface area contributed by atoms with Gasteiger partial charge in [0, 0.05) is 19.6 Å². The lowest BCUT2D eigenvalue weighted by Crippen LogP contribution is -2.35. The SMILES string of the molecule is CN(C)c1c(CC(C)(C)N)ccc(F)c1F. The van der Waals surface area contributed by atoms with Gasteiger partial charge in [0.25, 0.3) is 0 Å². The summed E-state index contributed by atoms with van der Waals surface area (Å²) >= 11 is 0. The van der Waals surface area contributed by atoms with Gasteiger partial charge in [-0.05, 0) is 31.9 Å². The number of hydrogen-bond donors (Lipinski definition) is 1. The van der Waals surface area contributed by atoms with E-state index in [1.807, 2.05) is 13.8 Å². The Balaban J connectivity index is 3.24. The second-order valence-electron chi connectivity index (χ2n) is 4.93. The van der Waals surface area contributed by atoms with E-state index in [9.17, 15) is 8.78 Å². The summed E-state index contributed by atoms with van der Waals surface area (Å²) in [5, 5.41) is 0. The van der Waals surface area contributed by atoms with Crippen LogP contribution in [0.25, 0.3) is 0 Å². The number of rotatable bonds is 3. The van der Waals surface area contributed by atoms with E-state index in [2.05, 4.69) is 0 Å². The molecule has 2 nitrogen and oxygen atoms in total. The Kier molecular flexibility index (Phi) is 3.53. The summed E-state index contributed by atoms with van der Waals surface area (Å²) in [5.41, 5.74) is 6.44. The fraction of sp³-hybridized carbons (Fsp3) is 0.500. The van der Waals surface area contributed by atoms with Crippen molar-refractivity contribution in [2.45, 2.75) is 25.8 Å². The molecule has 0 spiro atoms. The van der Waals surface area contributed by atoms with Crippen LogP contribution in [0.5, 0.6) is 0 Å². The van der Waals surface area contributed by atoms with Crippen molar-refractivity contribution in [1.82, 2.24) is 0 Å². The molecule has 1 rings (SSSR count). The molecule has 0 fully saturated rings. The minimum Gasteiger partial charge on any atom is -0.375 e. The van der Waals surface area contributed by atoms with Gasteiger partial charge in [-0.25, -0.2) is 8.78 Å². The van der Waals surface area contributed by atoms with Crippen LogP contribution in [0.1, 0.15) is 19.4 Å². The third-order valence-corrected chi connectivity index (χ3v) is 2.25. The van der Waals surface area contributed by atoms with Gasteiger partial charge in [-0.15, -0.1) is 0 Å². The molecule has 1 aromatic rings. The van der Waals surface area contributed by atoms with E-state index in [1.54, 1.807) is 25.1 Å². The standard InChI is InChI=1S/C12H18F2N2/c1-12(2,15)7-8-5-6-9(13)10(14)11(8)16(3)4/h5-6H,7,15H2,1-4H3. The lowest BCUT2D eigenvalue weighted by molar-refractivity contribution is 0.494. The molecule has 90 valence electrons. The average Bonchev–Trinajstić information content (AvgIpc) is 2.08. The highest BCUT2D eigenvalue weighted by molar-refractivity contribution is 5.54. The van der Waals surface area contributed by atoms with Crippen LogP contribution in [0, 0.1) is 11.6 Å². The summed E-state index contributed by atoms with van der Waals surface area (Å²) in [6.07, 6.45) is 0.498. The fourth-order valence-corrected chi connectivity index (χ4v) is 1.70. The summed E-state index contributed by atoms with van der Waals surface area (Å²) in [5.74, 6) is -1.64. The number of hydrogen-bond acceptors (Lipinski definition) is 2. The molecule has 2 N–H and O–H groups in total. The topological polar surface area (TPSA) is 29.3 Å². The maximum absolute atomic E-state index is 13.6. The van der Waals surface area contributed by atoms with E-state index < -0.39 is 17.2 Å². The second kappa shape index (κ2) is 4.37. The molecule has 0 heterocycles. The van der Waals surface area contributed by atoms with Crippen molar-refractivity contribution in [3.05, 3.63) is 29.3 Å². The highest BCUT2D eigenvalue weighted by Crippen LogP contribution is 2.27. The lowest BCUT2D eigenvalue weighted by Gasteiger charge is -2.24. The van der Waals surface area contributed by atoms with E-state index in [0.29, 0.717) is 6.42 Å². The van der Waals surface area contributed by atoms with Crippen LogP contribution in [0.15, 0.2) is 12.1 Å². The van der Waals surface area contributed by atoms with Crippen molar-refractivity contribution in [3.8, 4) is 0 Å². The molecule has 0 aliphatic carbocycles. The molecule has 0 saturated carbocycles. The summed E-state index contributed by atoms with van der Waals surface area (Å²) in [7, 11) is 3.37. The molecule has 0 bridgehead atoms. The van der Waals surface area contributed by atoms with Gasteiger partial charge >= 0.3 is 0 Å². The average molecular weight is 228 g/mol. The highest BCUT2D eigenvalue weighted by Gasteiger charge is 2.20. The van der Waals surface area contributed by atoms with Crippen LogP contribution in [0.2, 0.25) is 0 Å². The van der Waals surface area contributed by atoms with E-state index in [1.165, 1.54) is 0 Å². The normalized spacial score (nSPS) is 11.7. The molecule has 0 aliphatic rings. The Morgan fingerprint density at radius 1 is 1.25 bits per heavy atom. The quantitative estimate of drug-likeness (QED) is 0.860. The molecule has 4 heteroatoms. The Morgan fingerprint density at radius 2 is 1.81 bits per heavy atom. The maximum Gasteiger partial charge on any atom is 0.182 e. The first-order chi connectivity index (χ1) is 7.22. The van der Waals surface area contributed by atoms with Crippen LogP contribution in [0.4, 0.5) is 14.5 Å². The van der Waals surface area contributed by atoms with Crippen molar-refractivity contribution in [3.63, 3.8) is 0 Å². The van der Waals surface area contributed by atoms with Gasteiger partial charge in [0.1, 0.15) is 0 Å². The van der Waals surface area contributed by atoms with Crippen molar-refractivity contribution in [2.75, 3.05) is 19.0 Å². The summed E-state index contributed by atoms with van der Waals surface area (Å²) < 4.78 is 26.8. The zero-order valence-corrected chi connectivity index (χ0v) is 10.1. The van der Waals surface area contributed by atoms with E-state index in [0.717, 1.165) is 11.6 Å². The monoisotopic (exact) mass is 228 g/mol. The van der Waals surface area contributed by atoms with E-state index in [4.69, 9.17) is 5.73 Å². The Labute approximate surface area is 95.1 Å². The number of nitrogens with two attached hydrogens (primary N) is 1. The third kappa shape index (κ3) is 2.92. The van der Waals surface area contributed by atoms with E-state index >= 15 is 0 Å². The molecular formula is C12H18F2N2. The smallest absolute Gasteiger partial charge is 0.182 e. The zero-order chi connectivity index (χ0) is 12.5. The first-order valence-electron chi connectivity index (χ1n) is 5.15. The summed E-state index contributed by atoms with van der Waals surface area (Å²) in [4.78, 5) is 1.57. The number of halogens is 2. The Hall–Kier alpha value is -1.16. The van der Waals surface area contributed by atoms with Gasteiger partial charge in [0.15, 0.2) is 11.6 Å². The molecule has 0 atom stereocenters. The summed E-state index contributed by atoms with van der Waals surface area (Å²) in [6.45, 7) is 3.71. The number of anilines is 1. The van der Waals surface area contributed by atoms with Gasteiger partial charge in [0.2, 0.25) is 0 Å². The van der Waals surface area contributed by atoms with Crippen LogP contribution in [0.3, 0.4) is 0 Å². The zero-order valence-electron chi connectivity index (χ0n) is 10.1. The van der Waals surface area contributed by atoms with Crippen LogP contribution < -0.4 is 10.6 Å². The highest BCUT2D eigenvalue weighted by atomic mass is 19.2. The first kappa shape index (κ1) is 12.9. The third-order valence-electron chi connectivity index (χ3n) is 2.25. The van der Waals surface area contributed by atoms with Gasteiger partial charge < -0.3 is 10.6 Å². The molecule has 0 amide bonds. The molecule has 0 unspecified atom stereocenters. The fourth-order valence-electron chi connectivity index (χ4n) is 1.70. The maximum atomic E-state index is 13.6. The predicted molar refractivity (Wildman–Crippen MR) is 62.7 cm³/mol. The van der Waals surface area contributed by atoms with Gasteiger partial charge in [0.05, 0.1) is 5.69 Å². The number of nitrogens with zero attached hydrogens (tertiary/aromatic N) is 1. The lowest BCUT2D eigenvalue weighted by atomic mass is 9.94. The van der Waals surface area contributed by atoms with Crippen LogP contribution >= 0.6 is 0 Å². The summed E-state index contributed by atoms with van der Waals surface area (Å²) in [6, 6.07) is 2.73. The molecule has 0 radical (unpaired) electrons. The molecule has 0 saturated heterocycles. The number of benzene rings is 1. The Morgan fingerprint density at radius 3 is 2.25 bits per heavy atom. The molecule has 0 aliphatic heterocycles. The molecule has 0 aromatic heterocycles. The van der Waals surface area contributed by atoms with Gasteiger partial charge in [-0.1, -0.05) is 6.07 Å². The van der Waals surface area contributed by atoms with Crippen molar-refractivity contribution in [2.24, 2.45) is 5.73 Å². The largest absolute Gasteiger partial charge is 0.375 e.